The summed E-state index contributed by atoms with van der Waals surface area (Å²) in [5.41, 5.74) is 0.611. The minimum atomic E-state index is -1.35. The number of rotatable bonds is 3. The van der Waals surface area contributed by atoms with Crippen molar-refractivity contribution in [3.8, 4) is 5.75 Å². The van der Waals surface area contributed by atoms with Crippen molar-refractivity contribution in [3.63, 3.8) is 0 Å². The number of thiocarbonyl (C=S) groups is 1. The fourth-order valence-corrected chi connectivity index (χ4v) is 2.74. The first-order chi connectivity index (χ1) is 10.4. The molecule has 0 saturated carbocycles. The maximum absolute atomic E-state index is 11.6. The van der Waals surface area contributed by atoms with Gasteiger partial charge in [0.2, 0.25) is 0 Å². The van der Waals surface area contributed by atoms with E-state index >= 15 is 0 Å². The second kappa shape index (κ2) is 6.02. The Morgan fingerprint density at radius 1 is 1.32 bits per heavy atom. The number of benzene rings is 1. The Morgan fingerprint density at radius 2 is 1.95 bits per heavy atom. The van der Waals surface area contributed by atoms with Crippen LogP contribution in [0.15, 0.2) is 35.5 Å². The van der Waals surface area contributed by atoms with E-state index in [0.717, 1.165) is 4.90 Å². The minimum absolute atomic E-state index is 0.0779. The Balaban J connectivity index is 2.72. The number of amides is 1. The van der Waals surface area contributed by atoms with Crippen molar-refractivity contribution < 1.29 is 24.5 Å². The molecule has 1 aromatic carbocycles. The van der Waals surface area contributed by atoms with Gasteiger partial charge < -0.3 is 20.3 Å². The van der Waals surface area contributed by atoms with Crippen LogP contribution in [-0.2, 0) is 4.79 Å². The van der Waals surface area contributed by atoms with E-state index in [9.17, 15) is 19.8 Å². The molecule has 0 aliphatic carbocycles. The summed E-state index contributed by atoms with van der Waals surface area (Å²) in [7, 11) is 1.43. The molecular formula is C14H14N2O5S. The van der Waals surface area contributed by atoms with Gasteiger partial charge in [-0.2, -0.15) is 0 Å². The maximum Gasteiger partial charge on any atom is 0.414 e. The molecule has 1 unspecified atom stereocenters. The van der Waals surface area contributed by atoms with Gasteiger partial charge in [0.25, 0.3) is 0 Å². The second-order valence-electron chi connectivity index (χ2n) is 4.57. The summed E-state index contributed by atoms with van der Waals surface area (Å²) >= 11 is 5.04. The molecule has 0 spiro atoms. The summed E-state index contributed by atoms with van der Waals surface area (Å²) in [6.07, 6.45) is -1.35. The maximum atomic E-state index is 11.6. The number of carbonyl (C=O) groups is 2. The first kappa shape index (κ1) is 15.8. The molecule has 1 aliphatic heterocycles. The van der Waals surface area contributed by atoms with Crippen molar-refractivity contribution in [3.05, 3.63) is 41.1 Å². The Hall–Kier alpha value is -2.61. The second-order valence-corrected chi connectivity index (χ2v) is 4.96. The molecule has 0 aromatic heterocycles. The van der Waals surface area contributed by atoms with Crippen LogP contribution in [0.3, 0.4) is 0 Å². The van der Waals surface area contributed by atoms with Gasteiger partial charge in [-0.05, 0) is 25.2 Å². The lowest BCUT2D eigenvalue weighted by Gasteiger charge is -2.36. The zero-order chi connectivity index (χ0) is 16.4. The number of carboxylic acid groups (broad SMARTS) is 2. The van der Waals surface area contributed by atoms with Crippen LogP contribution in [0.2, 0.25) is 0 Å². The van der Waals surface area contributed by atoms with Crippen molar-refractivity contribution >= 4 is 29.4 Å². The molecular weight excluding hydrogens is 308 g/mol. The lowest BCUT2D eigenvalue weighted by molar-refractivity contribution is -0.133. The van der Waals surface area contributed by atoms with E-state index in [-0.39, 0.29) is 10.7 Å². The summed E-state index contributed by atoms with van der Waals surface area (Å²) in [4.78, 5) is 24.0. The number of allylic oxidation sites excluding steroid dienone is 1. The van der Waals surface area contributed by atoms with Crippen LogP contribution in [-0.4, -0.2) is 39.4 Å². The van der Waals surface area contributed by atoms with Gasteiger partial charge in [0.05, 0.1) is 12.7 Å². The van der Waals surface area contributed by atoms with E-state index in [1.807, 2.05) is 0 Å². The fraction of sp³-hybridized carbons (Fsp3) is 0.214. The number of para-hydroxylation sites is 1. The molecule has 1 amide bonds. The molecule has 1 heterocycles. The van der Waals surface area contributed by atoms with E-state index in [1.165, 1.54) is 14.0 Å². The zero-order valence-corrected chi connectivity index (χ0v) is 12.7. The van der Waals surface area contributed by atoms with Crippen LogP contribution in [0, 0.1) is 0 Å². The van der Waals surface area contributed by atoms with Crippen molar-refractivity contribution in [2.45, 2.75) is 13.0 Å². The van der Waals surface area contributed by atoms with Gasteiger partial charge in [-0.1, -0.05) is 18.2 Å². The Bertz CT molecular complexity index is 686. The molecule has 1 atom stereocenters. The first-order valence-electron chi connectivity index (χ1n) is 6.28. The predicted molar refractivity (Wildman–Crippen MR) is 81.7 cm³/mol. The van der Waals surface area contributed by atoms with Crippen molar-refractivity contribution in [1.82, 2.24) is 10.2 Å². The monoisotopic (exact) mass is 322 g/mol. The highest BCUT2D eigenvalue weighted by atomic mass is 32.1. The SMILES string of the molecule is COc1ccccc1C1C(C(=O)O)=C(C)NC(=S)N1C(=O)O. The van der Waals surface area contributed by atoms with E-state index in [1.54, 1.807) is 24.3 Å². The summed E-state index contributed by atoms with van der Waals surface area (Å²) in [5, 5.41) is 21.5. The fourth-order valence-electron chi connectivity index (χ4n) is 2.40. The molecule has 1 aliphatic rings. The van der Waals surface area contributed by atoms with Gasteiger partial charge in [0.1, 0.15) is 11.8 Å². The molecule has 0 fully saturated rings. The summed E-state index contributed by atoms with van der Waals surface area (Å²) in [5.74, 6) is -0.843. The Kier molecular flexibility index (Phi) is 4.32. The summed E-state index contributed by atoms with van der Waals surface area (Å²) in [6.45, 7) is 1.54. The molecule has 0 saturated heterocycles. The zero-order valence-electron chi connectivity index (χ0n) is 11.9. The van der Waals surface area contributed by atoms with Gasteiger partial charge in [-0.25, -0.2) is 14.5 Å². The first-order valence-corrected chi connectivity index (χ1v) is 6.69. The number of nitrogens with zero attached hydrogens (tertiary/aromatic N) is 1. The van der Waals surface area contributed by atoms with Crippen molar-refractivity contribution in [1.29, 1.82) is 0 Å². The summed E-state index contributed by atoms with van der Waals surface area (Å²) in [6, 6.07) is 5.56. The average molecular weight is 322 g/mol. The molecule has 0 bridgehead atoms. The highest BCUT2D eigenvalue weighted by molar-refractivity contribution is 7.80. The number of carboxylic acids is 1. The largest absolute Gasteiger partial charge is 0.496 e. The van der Waals surface area contributed by atoms with E-state index < -0.39 is 18.1 Å². The van der Waals surface area contributed by atoms with Crippen molar-refractivity contribution in [2.24, 2.45) is 0 Å². The van der Waals surface area contributed by atoms with Gasteiger partial charge in [-0.15, -0.1) is 0 Å². The van der Waals surface area contributed by atoms with Crippen LogP contribution < -0.4 is 10.1 Å². The smallest absolute Gasteiger partial charge is 0.414 e. The third-order valence-corrected chi connectivity index (χ3v) is 3.62. The lowest BCUT2D eigenvalue weighted by Crippen LogP contribution is -2.50. The quantitative estimate of drug-likeness (QED) is 0.732. The number of methoxy groups -OCH3 is 1. The molecule has 22 heavy (non-hydrogen) atoms. The van der Waals surface area contributed by atoms with Gasteiger partial charge >= 0.3 is 12.1 Å². The molecule has 1 aromatic rings. The minimum Gasteiger partial charge on any atom is -0.496 e. The lowest BCUT2D eigenvalue weighted by atomic mass is 9.93. The molecule has 3 N–H and O–H groups in total. The number of hydrogen-bond acceptors (Lipinski definition) is 4. The van der Waals surface area contributed by atoms with Crippen LogP contribution >= 0.6 is 12.2 Å². The Morgan fingerprint density at radius 3 is 2.50 bits per heavy atom. The number of ether oxygens (including phenoxy) is 1. The number of hydrogen-bond donors (Lipinski definition) is 3. The van der Waals surface area contributed by atoms with E-state index in [2.05, 4.69) is 5.32 Å². The van der Waals surface area contributed by atoms with Crippen LogP contribution in [0.5, 0.6) is 5.75 Å². The molecule has 0 radical (unpaired) electrons. The molecule has 2 rings (SSSR count). The van der Waals surface area contributed by atoms with Crippen molar-refractivity contribution in [2.75, 3.05) is 7.11 Å². The molecule has 7 nitrogen and oxygen atoms in total. The summed E-state index contributed by atoms with van der Waals surface area (Å²) < 4.78 is 5.23. The van der Waals surface area contributed by atoms with Gasteiger partial charge in [0.15, 0.2) is 5.11 Å². The number of nitrogens with one attached hydrogen (secondary N) is 1. The standard InChI is InChI=1S/C14H14N2O5S/c1-7-10(12(17)18)11(16(14(19)20)13(22)15-7)8-5-3-4-6-9(8)21-2/h3-6,11H,1-2H3,(H,15,22)(H,17,18)(H,19,20). The third-order valence-electron chi connectivity index (χ3n) is 3.32. The van der Waals surface area contributed by atoms with Crippen LogP contribution in [0.25, 0.3) is 0 Å². The average Bonchev–Trinajstić information content (AvgIpc) is 2.45. The van der Waals surface area contributed by atoms with E-state index in [4.69, 9.17) is 17.0 Å². The molecule has 116 valence electrons. The predicted octanol–water partition coefficient (Wildman–Crippen LogP) is 1.96. The van der Waals surface area contributed by atoms with Crippen LogP contribution in [0.4, 0.5) is 4.79 Å². The topological polar surface area (TPSA) is 99.1 Å². The number of aliphatic carboxylic acids is 1. The highest BCUT2D eigenvalue weighted by Gasteiger charge is 2.40. The molecule has 8 heteroatoms. The van der Waals surface area contributed by atoms with Crippen LogP contribution in [0.1, 0.15) is 18.5 Å². The third kappa shape index (κ3) is 2.60. The highest BCUT2D eigenvalue weighted by Crippen LogP contribution is 2.38. The van der Waals surface area contributed by atoms with Gasteiger partial charge in [-0.3, -0.25) is 0 Å². The van der Waals surface area contributed by atoms with Gasteiger partial charge in [0, 0.05) is 11.3 Å². The Labute approximate surface area is 131 Å². The normalized spacial score (nSPS) is 18.0. The van der Waals surface area contributed by atoms with E-state index in [0.29, 0.717) is 17.0 Å².